The zero-order chi connectivity index (χ0) is 15.2. The number of benzene rings is 1. The van der Waals surface area contributed by atoms with Gasteiger partial charge in [0.2, 0.25) is 0 Å². The first-order valence-electron chi connectivity index (χ1n) is 8.17. The second kappa shape index (κ2) is 7.79. The number of rotatable bonds is 6. The number of hydrogen-bond acceptors (Lipinski definition) is 2. The van der Waals surface area contributed by atoms with Gasteiger partial charge in [-0.05, 0) is 50.3 Å². The molecule has 0 spiro atoms. The Kier molecular flexibility index (Phi) is 6.04. The Hall–Kier alpha value is -1.09. The summed E-state index contributed by atoms with van der Waals surface area (Å²) in [6.45, 7) is 5.30. The summed E-state index contributed by atoms with van der Waals surface area (Å²) >= 11 is 0. The average molecular weight is 293 g/mol. The summed E-state index contributed by atoms with van der Waals surface area (Å²) in [6.07, 6.45) is 6.63. The minimum absolute atomic E-state index is 0.0258. The Labute approximate surface area is 128 Å². The highest BCUT2D eigenvalue weighted by molar-refractivity contribution is 5.36. The van der Waals surface area contributed by atoms with E-state index in [4.69, 9.17) is 4.74 Å². The quantitative estimate of drug-likeness (QED) is 0.820. The monoisotopic (exact) mass is 293 g/mol. The predicted octanol–water partition coefficient (Wildman–Crippen LogP) is 4.70. The van der Waals surface area contributed by atoms with Crippen molar-refractivity contribution in [2.75, 3.05) is 13.7 Å². The molecule has 0 heterocycles. The van der Waals surface area contributed by atoms with Gasteiger partial charge in [-0.25, -0.2) is 4.39 Å². The van der Waals surface area contributed by atoms with Gasteiger partial charge in [0.25, 0.3) is 0 Å². The third-order valence-corrected chi connectivity index (χ3v) is 4.71. The van der Waals surface area contributed by atoms with Crippen molar-refractivity contribution in [3.63, 3.8) is 0 Å². The highest BCUT2D eigenvalue weighted by Crippen LogP contribution is 2.31. The molecule has 0 amide bonds. The molecular weight excluding hydrogens is 265 g/mol. The van der Waals surface area contributed by atoms with Gasteiger partial charge in [-0.2, -0.15) is 0 Å². The van der Waals surface area contributed by atoms with Crippen LogP contribution in [0.5, 0.6) is 5.75 Å². The summed E-state index contributed by atoms with van der Waals surface area (Å²) in [5.74, 6) is 2.13. The van der Waals surface area contributed by atoms with Crippen molar-refractivity contribution in [3.8, 4) is 5.75 Å². The molecular formula is C18H28FNO. The van der Waals surface area contributed by atoms with Crippen LogP contribution in [0.1, 0.15) is 57.6 Å². The van der Waals surface area contributed by atoms with Gasteiger partial charge in [0.1, 0.15) is 11.6 Å². The van der Waals surface area contributed by atoms with Crippen molar-refractivity contribution in [1.82, 2.24) is 5.32 Å². The Morgan fingerprint density at radius 2 is 2.19 bits per heavy atom. The van der Waals surface area contributed by atoms with Crippen molar-refractivity contribution in [2.24, 2.45) is 11.8 Å². The minimum Gasteiger partial charge on any atom is -0.496 e. The van der Waals surface area contributed by atoms with E-state index in [0.29, 0.717) is 11.3 Å². The number of methoxy groups -OCH3 is 1. The Morgan fingerprint density at radius 3 is 2.90 bits per heavy atom. The Balaban J connectivity index is 1.86. The Morgan fingerprint density at radius 1 is 1.38 bits per heavy atom. The molecule has 0 aromatic heterocycles. The fourth-order valence-electron chi connectivity index (χ4n) is 3.54. The van der Waals surface area contributed by atoms with Crippen LogP contribution in [0.4, 0.5) is 4.39 Å². The van der Waals surface area contributed by atoms with Crippen LogP contribution in [-0.4, -0.2) is 13.7 Å². The molecule has 3 atom stereocenters. The van der Waals surface area contributed by atoms with Gasteiger partial charge < -0.3 is 10.1 Å². The van der Waals surface area contributed by atoms with Gasteiger partial charge in [0, 0.05) is 11.6 Å². The molecule has 118 valence electrons. The standard InChI is InChI=1S/C18H28FNO/c1-13-6-4-7-15(12-13)10-11-20-14(2)18-16(19)8-5-9-17(18)21-3/h5,8-9,13-15,20H,4,6-7,10-12H2,1-3H3. The molecule has 1 aromatic rings. The zero-order valence-corrected chi connectivity index (χ0v) is 13.5. The third kappa shape index (κ3) is 4.44. The van der Waals surface area contributed by atoms with Gasteiger partial charge in [-0.15, -0.1) is 0 Å². The van der Waals surface area contributed by atoms with Crippen molar-refractivity contribution >= 4 is 0 Å². The lowest BCUT2D eigenvalue weighted by Gasteiger charge is -2.27. The van der Waals surface area contributed by atoms with Crippen LogP contribution in [0.3, 0.4) is 0 Å². The predicted molar refractivity (Wildman–Crippen MR) is 85.1 cm³/mol. The highest BCUT2D eigenvalue weighted by Gasteiger charge is 2.20. The maximum absolute atomic E-state index is 14.0. The van der Waals surface area contributed by atoms with E-state index in [0.717, 1.165) is 18.4 Å². The van der Waals surface area contributed by atoms with Gasteiger partial charge >= 0.3 is 0 Å². The van der Waals surface area contributed by atoms with Crippen molar-refractivity contribution < 1.29 is 9.13 Å². The number of nitrogens with one attached hydrogen (secondary N) is 1. The molecule has 0 bridgehead atoms. The lowest BCUT2D eigenvalue weighted by Crippen LogP contribution is -2.24. The molecule has 1 N–H and O–H groups in total. The lowest BCUT2D eigenvalue weighted by atomic mass is 9.81. The SMILES string of the molecule is COc1cccc(F)c1C(C)NCCC1CCCC(C)C1. The largest absolute Gasteiger partial charge is 0.496 e. The molecule has 1 aliphatic rings. The normalized spacial score (nSPS) is 23.8. The molecule has 3 heteroatoms. The summed E-state index contributed by atoms with van der Waals surface area (Å²) < 4.78 is 19.3. The zero-order valence-electron chi connectivity index (χ0n) is 13.5. The maximum Gasteiger partial charge on any atom is 0.131 e. The first-order chi connectivity index (χ1) is 10.1. The number of hydrogen-bond donors (Lipinski definition) is 1. The molecule has 0 saturated heterocycles. The van der Waals surface area contributed by atoms with Crippen molar-refractivity contribution in [2.45, 2.75) is 52.0 Å². The first-order valence-corrected chi connectivity index (χ1v) is 8.17. The molecule has 1 fully saturated rings. The summed E-state index contributed by atoms with van der Waals surface area (Å²) in [4.78, 5) is 0. The lowest BCUT2D eigenvalue weighted by molar-refractivity contribution is 0.265. The fourth-order valence-corrected chi connectivity index (χ4v) is 3.54. The molecule has 21 heavy (non-hydrogen) atoms. The van der Waals surface area contributed by atoms with E-state index < -0.39 is 0 Å². The summed E-state index contributed by atoms with van der Waals surface area (Å²) in [7, 11) is 1.59. The molecule has 1 aliphatic carbocycles. The minimum atomic E-state index is -0.194. The number of ether oxygens (including phenoxy) is 1. The Bertz CT molecular complexity index is 449. The topological polar surface area (TPSA) is 21.3 Å². The molecule has 0 aliphatic heterocycles. The van der Waals surface area contributed by atoms with Crippen molar-refractivity contribution in [3.05, 3.63) is 29.6 Å². The highest BCUT2D eigenvalue weighted by atomic mass is 19.1. The third-order valence-electron chi connectivity index (χ3n) is 4.71. The fraction of sp³-hybridized carbons (Fsp3) is 0.667. The van der Waals surface area contributed by atoms with E-state index in [2.05, 4.69) is 12.2 Å². The van der Waals surface area contributed by atoms with E-state index in [1.54, 1.807) is 13.2 Å². The number of halogens is 1. The summed E-state index contributed by atoms with van der Waals surface area (Å²) in [6, 6.07) is 4.98. The van der Waals surface area contributed by atoms with Gasteiger partial charge in [0.15, 0.2) is 0 Å². The molecule has 2 rings (SSSR count). The van der Waals surface area contributed by atoms with E-state index in [1.165, 1.54) is 38.2 Å². The molecule has 1 saturated carbocycles. The van der Waals surface area contributed by atoms with Crippen LogP contribution in [0.25, 0.3) is 0 Å². The van der Waals surface area contributed by atoms with Crippen LogP contribution in [-0.2, 0) is 0 Å². The first kappa shape index (κ1) is 16.3. The van der Waals surface area contributed by atoms with E-state index in [1.807, 2.05) is 13.0 Å². The van der Waals surface area contributed by atoms with Gasteiger partial charge in [0.05, 0.1) is 7.11 Å². The average Bonchev–Trinajstić information content (AvgIpc) is 2.46. The van der Waals surface area contributed by atoms with E-state index in [-0.39, 0.29) is 11.9 Å². The van der Waals surface area contributed by atoms with Crippen LogP contribution in [0.15, 0.2) is 18.2 Å². The van der Waals surface area contributed by atoms with Crippen molar-refractivity contribution in [1.29, 1.82) is 0 Å². The second-order valence-corrected chi connectivity index (χ2v) is 6.46. The van der Waals surface area contributed by atoms with Crippen LogP contribution >= 0.6 is 0 Å². The van der Waals surface area contributed by atoms with Gasteiger partial charge in [-0.3, -0.25) is 0 Å². The maximum atomic E-state index is 14.0. The molecule has 1 aromatic carbocycles. The van der Waals surface area contributed by atoms with Gasteiger partial charge in [-0.1, -0.05) is 32.3 Å². The summed E-state index contributed by atoms with van der Waals surface area (Å²) in [5.41, 5.74) is 0.636. The molecule has 0 radical (unpaired) electrons. The van der Waals surface area contributed by atoms with E-state index >= 15 is 0 Å². The van der Waals surface area contributed by atoms with E-state index in [9.17, 15) is 4.39 Å². The smallest absolute Gasteiger partial charge is 0.131 e. The molecule has 2 nitrogen and oxygen atoms in total. The van der Waals surface area contributed by atoms with Crippen LogP contribution in [0, 0.1) is 17.7 Å². The summed E-state index contributed by atoms with van der Waals surface area (Å²) in [5, 5.41) is 3.46. The van der Waals surface area contributed by atoms with Crippen LogP contribution < -0.4 is 10.1 Å². The molecule has 3 unspecified atom stereocenters. The second-order valence-electron chi connectivity index (χ2n) is 6.46. The van der Waals surface area contributed by atoms with Crippen LogP contribution in [0.2, 0.25) is 0 Å².